The molecular weight excluding hydrogens is 300 g/mol. The first-order valence-corrected chi connectivity index (χ1v) is 7.65. The molecule has 4 heteroatoms. The zero-order chi connectivity index (χ0) is 22.4. The summed E-state index contributed by atoms with van der Waals surface area (Å²) in [6.07, 6.45) is 0.183. The van der Waals surface area contributed by atoms with Crippen molar-refractivity contribution in [3.8, 4) is 0 Å². The summed E-state index contributed by atoms with van der Waals surface area (Å²) < 4.78 is 69.7. The molecule has 2 nitrogen and oxygen atoms in total. The van der Waals surface area contributed by atoms with E-state index < -0.39 is 14.0 Å². The van der Waals surface area contributed by atoms with Crippen molar-refractivity contribution in [2.45, 2.75) is 16.2 Å². The van der Waals surface area contributed by atoms with Crippen molar-refractivity contribution in [3.63, 3.8) is 0 Å². The minimum Gasteiger partial charge on any atom is -0.340 e. The fraction of sp³-hybridized carbons (Fsp3) is 0.294. The summed E-state index contributed by atoms with van der Waals surface area (Å²) in [5.41, 5.74) is 1.13. The van der Waals surface area contributed by atoms with E-state index in [9.17, 15) is 0 Å². The fourth-order valence-corrected chi connectivity index (χ4v) is 3.39. The van der Waals surface area contributed by atoms with Gasteiger partial charge in [-0.2, -0.15) is 0 Å². The molecule has 21 heavy (non-hydrogen) atoms. The Morgan fingerprint density at radius 2 is 2.10 bits per heavy atom. The van der Waals surface area contributed by atoms with Gasteiger partial charge in [0.2, 0.25) is 0 Å². The minimum absolute atomic E-state index is 0.0814. The van der Waals surface area contributed by atoms with Gasteiger partial charge in [0.15, 0.2) is 0 Å². The highest BCUT2D eigenvalue weighted by Crippen LogP contribution is 2.48. The maximum Gasteiger partial charge on any atom is 0.0661 e. The van der Waals surface area contributed by atoms with Gasteiger partial charge in [-0.05, 0) is 57.2 Å². The lowest BCUT2D eigenvalue weighted by atomic mass is 10.2. The maximum absolute atomic E-state index is 8.42. The Balaban J connectivity index is 1.98. The number of rotatable bonds is 4. The van der Waals surface area contributed by atoms with Crippen LogP contribution in [0.4, 0.5) is 11.4 Å². The van der Waals surface area contributed by atoms with Gasteiger partial charge >= 0.3 is 0 Å². The lowest BCUT2D eigenvalue weighted by Crippen LogP contribution is -2.25. The molecule has 1 aliphatic heterocycles. The van der Waals surface area contributed by atoms with E-state index in [0.717, 1.165) is 10.6 Å². The molecule has 0 N–H and O–H groups in total. The topological polar surface area (TPSA) is 6.48 Å². The van der Waals surface area contributed by atoms with Gasteiger partial charge in [-0.1, -0.05) is 35.5 Å². The van der Waals surface area contributed by atoms with Gasteiger partial charge < -0.3 is 9.80 Å². The van der Waals surface area contributed by atoms with Crippen molar-refractivity contribution < 1.29 is 12.3 Å². The van der Waals surface area contributed by atoms with Crippen LogP contribution in [0.5, 0.6) is 0 Å². The molecule has 0 aromatic heterocycles. The minimum atomic E-state index is -2.77. The zero-order valence-electron chi connectivity index (χ0n) is 20.1. The Kier molecular flexibility index (Phi) is 2.22. The Labute approximate surface area is 148 Å². The molecule has 0 aliphatic carbocycles. The van der Waals surface area contributed by atoms with Crippen molar-refractivity contribution >= 4 is 34.7 Å². The molecule has 0 amide bonds. The van der Waals surface area contributed by atoms with Crippen LogP contribution in [0.15, 0.2) is 52.2 Å². The highest BCUT2D eigenvalue weighted by molar-refractivity contribution is 7.99. The summed E-state index contributed by atoms with van der Waals surface area (Å²) >= 11 is 7.41. The van der Waals surface area contributed by atoms with Crippen molar-refractivity contribution in [1.29, 1.82) is 0 Å². The summed E-state index contributed by atoms with van der Waals surface area (Å²) in [4.78, 5) is 3.51. The van der Waals surface area contributed by atoms with E-state index in [-0.39, 0.29) is 42.7 Å². The molecule has 3 rings (SSSR count). The number of halogens is 1. The van der Waals surface area contributed by atoms with Crippen molar-refractivity contribution in [2.24, 2.45) is 0 Å². The number of hydrogen-bond donors (Lipinski definition) is 0. The second-order valence-electron chi connectivity index (χ2n) is 4.59. The van der Waals surface area contributed by atoms with Gasteiger partial charge in [0, 0.05) is 29.6 Å². The smallest absolute Gasteiger partial charge is 0.0661 e. The molecule has 0 saturated heterocycles. The first-order valence-electron chi connectivity index (χ1n) is 11.0. The highest BCUT2D eigenvalue weighted by Gasteiger charge is 2.22. The molecule has 0 saturated carbocycles. The van der Waals surface area contributed by atoms with Gasteiger partial charge in [-0.3, -0.25) is 0 Å². The summed E-state index contributed by atoms with van der Waals surface area (Å²) in [5, 5.41) is -0.129. The van der Waals surface area contributed by atoms with Crippen LogP contribution in [0.1, 0.15) is 18.8 Å². The summed E-state index contributed by atoms with van der Waals surface area (Å²) in [5.74, 6) is 0. The van der Waals surface area contributed by atoms with E-state index in [1.807, 2.05) is 24.3 Å². The molecule has 110 valence electrons. The largest absolute Gasteiger partial charge is 0.340 e. The third-order valence-electron chi connectivity index (χ3n) is 3.13. The van der Waals surface area contributed by atoms with Crippen molar-refractivity contribution in [2.75, 3.05) is 31.9 Å². The molecule has 2 aromatic carbocycles. The van der Waals surface area contributed by atoms with E-state index in [0.29, 0.717) is 15.5 Å². The maximum atomic E-state index is 8.42. The van der Waals surface area contributed by atoms with Crippen LogP contribution in [0.3, 0.4) is 0 Å². The number of nitrogens with zero attached hydrogens (tertiary/aromatic N) is 2. The summed E-state index contributed by atoms with van der Waals surface area (Å²) in [6, 6.07) is 6.96. The molecule has 0 spiro atoms. The van der Waals surface area contributed by atoms with E-state index in [1.165, 1.54) is 11.8 Å². The standard InChI is InChI=1S/C17H19ClN2S/c1-19(2)10-5-11-20-14-6-3-4-7-16(14)21-17-9-8-13(18)12-15(17)20/h3-4,6-9,12H,5,10-11H2,1-2H3/i1D3,2D3,8D,9D,12D. The number of benzene rings is 2. The fourth-order valence-electron chi connectivity index (χ4n) is 2.24. The van der Waals surface area contributed by atoms with Gasteiger partial charge in [-0.25, -0.2) is 0 Å². The van der Waals surface area contributed by atoms with Gasteiger partial charge in [0.05, 0.1) is 15.5 Å². The molecule has 0 bridgehead atoms. The molecule has 1 heterocycles. The normalized spacial score (nSPS) is 20.7. The molecule has 0 atom stereocenters. The second kappa shape index (κ2) is 6.30. The Hall–Kier alpha value is -1.16. The summed E-state index contributed by atoms with van der Waals surface area (Å²) in [6.45, 7) is -5.53. The zero-order valence-corrected chi connectivity index (χ0v) is 12.7. The Morgan fingerprint density at radius 1 is 1.24 bits per heavy atom. The number of para-hydroxylation sites is 1. The van der Waals surface area contributed by atoms with E-state index in [1.54, 1.807) is 4.90 Å². The lowest BCUT2D eigenvalue weighted by Gasteiger charge is -2.33. The first kappa shape index (κ1) is 7.40. The van der Waals surface area contributed by atoms with Crippen LogP contribution in [-0.2, 0) is 0 Å². The molecule has 0 radical (unpaired) electrons. The van der Waals surface area contributed by atoms with Crippen LogP contribution >= 0.6 is 23.4 Å². The molecule has 2 aromatic rings. The molecular formula is C17H19ClN2S. The average Bonchev–Trinajstić information content (AvgIpc) is 2.65. The van der Waals surface area contributed by atoms with Crippen LogP contribution in [0, 0.1) is 0 Å². The molecule has 0 fully saturated rings. The second-order valence-corrected chi connectivity index (χ2v) is 6.02. The SMILES string of the molecule is [2H]c1c([2H])c2c(c([2H])c1Cl)N(CCCN(C([2H])([2H])[2H])C([2H])([2H])[2H])c1ccccc1S2. The molecule has 0 unspecified atom stereocenters. The number of fused-ring (bicyclic) bond motifs is 2. The lowest BCUT2D eigenvalue weighted by molar-refractivity contribution is 0.402. The third kappa shape index (κ3) is 3.20. The van der Waals surface area contributed by atoms with E-state index in [2.05, 4.69) is 0 Å². The van der Waals surface area contributed by atoms with Crippen molar-refractivity contribution in [3.05, 3.63) is 47.4 Å². The monoisotopic (exact) mass is 327 g/mol. The van der Waals surface area contributed by atoms with Gasteiger partial charge in [-0.15, -0.1) is 0 Å². The van der Waals surface area contributed by atoms with Gasteiger partial charge in [0.25, 0.3) is 0 Å². The Bertz CT molecular complexity index is 948. The predicted molar refractivity (Wildman–Crippen MR) is 92.2 cm³/mol. The van der Waals surface area contributed by atoms with Gasteiger partial charge in [0.1, 0.15) is 0 Å². The van der Waals surface area contributed by atoms with Crippen LogP contribution in [0.25, 0.3) is 0 Å². The Morgan fingerprint density at radius 3 is 2.95 bits per heavy atom. The third-order valence-corrected chi connectivity index (χ3v) is 4.38. The number of anilines is 2. The van der Waals surface area contributed by atoms with E-state index in [4.69, 9.17) is 23.9 Å². The molecule has 1 aliphatic rings. The van der Waals surface area contributed by atoms with Crippen LogP contribution < -0.4 is 4.90 Å². The first-order chi connectivity index (χ1) is 13.8. The quantitative estimate of drug-likeness (QED) is 0.789. The van der Waals surface area contributed by atoms with E-state index >= 15 is 0 Å². The van der Waals surface area contributed by atoms with Crippen LogP contribution in [-0.4, -0.2) is 31.9 Å². The predicted octanol–water partition coefficient (Wildman–Crippen LogP) is 4.89. The van der Waals surface area contributed by atoms with Crippen LogP contribution in [0.2, 0.25) is 5.02 Å². The highest BCUT2D eigenvalue weighted by atomic mass is 35.5. The van der Waals surface area contributed by atoms with Crippen molar-refractivity contribution in [1.82, 2.24) is 4.90 Å². The summed E-state index contributed by atoms with van der Waals surface area (Å²) in [7, 11) is 0. The average molecular weight is 328 g/mol. The number of hydrogen-bond acceptors (Lipinski definition) is 3.